The van der Waals surface area contributed by atoms with Crippen LogP contribution in [-0.2, 0) is 16.1 Å². The highest BCUT2D eigenvalue weighted by atomic mass is 79.9. The Morgan fingerprint density at radius 1 is 1.14 bits per heavy atom. The second-order valence-corrected chi connectivity index (χ2v) is 13.9. The molecule has 36 heavy (non-hydrogen) atoms. The van der Waals surface area contributed by atoms with E-state index in [1.807, 2.05) is 24.8 Å². The fourth-order valence-electron chi connectivity index (χ4n) is 9.63. The number of carbonyl (C=O) groups is 1. The highest BCUT2D eigenvalue weighted by Crippen LogP contribution is 2.68. The molecule has 196 valence electrons. The molecule has 4 aliphatic rings. The number of fused-ring (bicyclic) bond motifs is 6. The van der Waals surface area contributed by atoms with Gasteiger partial charge in [-0.3, -0.25) is 14.5 Å². The third kappa shape index (κ3) is 3.82. The van der Waals surface area contributed by atoms with E-state index in [-0.39, 0.29) is 16.7 Å². The third-order valence-electron chi connectivity index (χ3n) is 11.2. The lowest BCUT2D eigenvalue weighted by molar-refractivity contribution is -0.175. The molecule has 0 aliphatic heterocycles. The fourth-order valence-corrected chi connectivity index (χ4v) is 9.95. The van der Waals surface area contributed by atoms with E-state index in [0.29, 0.717) is 36.0 Å². The van der Waals surface area contributed by atoms with Crippen molar-refractivity contribution in [2.75, 3.05) is 13.7 Å². The third-order valence-corrected chi connectivity index (χ3v) is 11.7. The molecule has 0 spiro atoms. The van der Waals surface area contributed by atoms with Crippen LogP contribution < -0.4 is 0 Å². The minimum atomic E-state index is -0.537. The lowest BCUT2D eigenvalue weighted by atomic mass is 9.43. The van der Waals surface area contributed by atoms with Gasteiger partial charge in [0.1, 0.15) is 12.1 Å². The molecule has 0 saturated heterocycles. The highest BCUT2D eigenvalue weighted by Gasteiger charge is 2.63. The van der Waals surface area contributed by atoms with E-state index in [9.17, 15) is 9.90 Å². The normalized spacial score (nSPS) is 42.1. The molecule has 4 saturated carbocycles. The Hall–Kier alpha value is -1.31. The van der Waals surface area contributed by atoms with Crippen LogP contribution in [0.5, 0.6) is 0 Å². The molecule has 8 atom stereocenters. The van der Waals surface area contributed by atoms with Gasteiger partial charge < -0.3 is 9.84 Å². The number of aromatic nitrogens is 3. The van der Waals surface area contributed by atoms with Gasteiger partial charge in [-0.15, -0.1) is 0 Å². The van der Waals surface area contributed by atoms with Gasteiger partial charge in [0.15, 0.2) is 5.78 Å². The van der Waals surface area contributed by atoms with Crippen LogP contribution in [0.3, 0.4) is 0 Å². The first-order valence-electron chi connectivity index (χ1n) is 13.9. The van der Waals surface area contributed by atoms with Crippen molar-refractivity contribution >= 4 is 32.7 Å². The first-order valence-corrected chi connectivity index (χ1v) is 14.7. The summed E-state index contributed by atoms with van der Waals surface area (Å²) in [4.78, 5) is 18.2. The number of carbonyl (C=O) groups excluding carboxylic acids is 1. The Morgan fingerprint density at radius 3 is 2.78 bits per heavy atom. The molecule has 2 aromatic rings. The lowest BCUT2D eigenvalue weighted by Gasteiger charge is -2.62. The Bertz CT molecular complexity index is 1160. The van der Waals surface area contributed by atoms with E-state index in [1.165, 1.54) is 19.3 Å². The van der Waals surface area contributed by atoms with Gasteiger partial charge in [0.05, 0.1) is 23.9 Å². The summed E-state index contributed by atoms with van der Waals surface area (Å²) >= 11 is 3.50. The predicted molar refractivity (Wildman–Crippen MR) is 142 cm³/mol. The number of hydrogen-bond acceptors (Lipinski definition) is 5. The van der Waals surface area contributed by atoms with Crippen LogP contribution in [0.2, 0.25) is 0 Å². The molecule has 0 bridgehead atoms. The molecule has 0 radical (unpaired) electrons. The van der Waals surface area contributed by atoms with Crippen molar-refractivity contribution in [3.05, 3.63) is 22.9 Å². The second kappa shape index (κ2) is 8.88. The minimum Gasteiger partial charge on any atom is -0.390 e. The second-order valence-electron chi connectivity index (χ2n) is 13.0. The fraction of sp³-hybridized carbons (Fsp3) is 0.759. The number of pyridine rings is 1. The maximum atomic E-state index is 13.8. The number of ether oxygens (including phenoxy) is 1. The van der Waals surface area contributed by atoms with Crippen molar-refractivity contribution in [2.45, 2.75) is 83.8 Å². The zero-order valence-corrected chi connectivity index (χ0v) is 23.5. The molecule has 1 unspecified atom stereocenters. The highest BCUT2D eigenvalue weighted by molar-refractivity contribution is 9.10. The molecule has 0 aromatic carbocycles. The number of nitrogens with zero attached hydrogens (tertiary/aromatic N) is 3. The van der Waals surface area contributed by atoms with Gasteiger partial charge in [0.25, 0.3) is 0 Å². The maximum Gasteiger partial charge on any atom is 0.157 e. The monoisotopic (exact) mass is 557 g/mol. The van der Waals surface area contributed by atoms with E-state index in [2.05, 4.69) is 32.9 Å². The predicted octanol–water partition coefficient (Wildman–Crippen LogP) is 5.80. The smallest absolute Gasteiger partial charge is 0.157 e. The zero-order chi connectivity index (χ0) is 25.3. The van der Waals surface area contributed by atoms with E-state index >= 15 is 0 Å². The Morgan fingerprint density at radius 2 is 1.97 bits per heavy atom. The van der Waals surface area contributed by atoms with Crippen molar-refractivity contribution in [3.63, 3.8) is 0 Å². The summed E-state index contributed by atoms with van der Waals surface area (Å²) in [6, 6.07) is 2.00. The van der Waals surface area contributed by atoms with Crippen LogP contribution in [0.4, 0.5) is 0 Å². The van der Waals surface area contributed by atoms with Gasteiger partial charge in [-0.1, -0.05) is 6.92 Å². The van der Waals surface area contributed by atoms with Crippen molar-refractivity contribution in [1.82, 2.24) is 14.8 Å². The molecular formula is C29H40BrN3O3. The van der Waals surface area contributed by atoms with Crippen molar-refractivity contribution in [1.29, 1.82) is 0 Å². The number of hydrogen-bond donors (Lipinski definition) is 1. The van der Waals surface area contributed by atoms with E-state index in [1.54, 1.807) is 12.4 Å². The quantitative estimate of drug-likeness (QED) is 0.502. The summed E-state index contributed by atoms with van der Waals surface area (Å²) < 4.78 is 8.64. The molecule has 2 aromatic heterocycles. The molecule has 4 fully saturated rings. The van der Waals surface area contributed by atoms with E-state index < -0.39 is 5.60 Å². The average molecular weight is 559 g/mol. The van der Waals surface area contributed by atoms with Crippen molar-refractivity contribution < 1.29 is 14.6 Å². The van der Waals surface area contributed by atoms with Crippen LogP contribution in [0.25, 0.3) is 11.0 Å². The first kappa shape index (κ1) is 25.0. The average Bonchev–Trinajstić information content (AvgIpc) is 3.39. The minimum absolute atomic E-state index is 0.0707. The summed E-state index contributed by atoms with van der Waals surface area (Å²) in [6.45, 7) is 5.59. The van der Waals surface area contributed by atoms with Gasteiger partial charge in [-0.05, 0) is 121 Å². The van der Waals surface area contributed by atoms with Crippen LogP contribution in [0.15, 0.2) is 22.9 Å². The largest absolute Gasteiger partial charge is 0.390 e. The summed E-state index contributed by atoms with van der Waals surface area (Å²) in [5.41, 5.74) is 1.46. The SMILES string of the molecule is COC[C@]12CC[C@@](C)(O)C[C@@H]1CCC1[C@@H]3CC[C@H](C(=O)Cn4ncc5ncc(Br)cc54)[C@@]3(C)CC[C@@H]12. The van der Waals surface area contributed by atoms with E-state index in [4.69, 9.17) is 4.74 Å². The van der Waals surface area contributed by atoms with Gasteiger partial charge in [0, 0.05) is 23.7 Å². The number of methoxy groups -OCH3 is 1. The lowest BCUT2D eigenvalue weighted by Crippen LogP contribution is -2.58. The number of aliphatic hydroxyl groups is 1. The Labute approximate surface area is 222 Å². The van der Waals surface area contributed by atoms with Gasteiger partial charge in [0.2, 0.25) is 0 Å². The van der Waals surface area contributed by atoms with Gasteiger partial charge in [-0.2, -0.15) is 5.10 Å². The Balaban J connectivity index is 1.24. The Kier molecular flexibility index (Phi) is 6.16. The number of rotatable bonds is 5. The summed E-state index contributed by atoms with van der Waals surface area (Å²) in [5, 5.41) is 15.4. The van der Waals surface area contributed by atoms with Crippen LogP contribution in [0, 0.1) is 40.4 Å². The van der Waals surface area contributed by atoms with Crippen LogP contribution in [0.1, 0.15) is 71.6 Å². The first-order chi connectivity index (χ1) is 17.2. The molecule has 1 N–H and O–H groups in total. The number of halogens is 1. The van der Waals surface area contributed by atoms with Crippen molar-refractivity contribution in [2.24, 2.45) is 40.4 Å². The molecule has 2 heterocycles. The van der Waals surface area contributed by atoms with Crippen LogP contribution in [-0.4, -0.2) is 45.0 Å². The molecular weight excluding hydrogens is 518 g/mol. The van der Waals surface area contributed by atoms with Crippen molar-refractivity contribution in [3.8, 4) is 0 Å². The topological polar surface area (TPSA) is 77.2 Å². The van der Waals surface area contributed by atoms with Gasteiger partial charge in [-0.25, -0.2) is 0 Å². The summed E-state index contributed by atoms with van der Waals surface area (Å²) in [7, 11) is 1.85. The van der Waals surface area contributed by atoms with E-state index in [0.717, 1.165) is 60.6 Å². The van der Waals surface area contributed by atoms with Gasteiger partial charge >= 0.3 is 0 Å². The molecule has 6 rings (SSSR count). The summed E-state index contributed by atoms with van der Waals surface area (Å²) in [6.07, 6.45) is 13.3. The van der Waals surface area contributed by atoms with Crippen LogP contribution >= 0.6 is 15.9 Å². The molecule has 7 heteroatoms. The summed E-state index contributed by atoms with van der Waals surface area (Å²) in [5.74, 6) is 2.90. The zero-order valence-electron chi connectivity index (χ0n) is 21.9. The number of Topliss-reactive ketones (excluding diaryl/α,β-unsaturated/α-hetero) is 1. The maximum absolute atomic E-state index is 13.8. The number of ketones is 1. The molecule has 4 aliphatic carbocycles. The molecule has 6 nitrogen and oxygen atoms in total. The standard InChI is InChI=1S/C29H40BrN3O3/c1-27(35)10-11-29(17-36-3)18(13-27)4-5-20-21-6-7-23(28(21,2)9-8-22(20)29)26(34)16-33-25-12-19(30)14-31-24(25)15-32-33/h12,14-15,18,20-23,35H,4-11,13,16-17H2,1-3H3/t18-,20?,21-,22-,23+,27+,28-,29+/m0/s1. The molecule has 0 amide bonds.